The first-order valence-electron chi connectivity index (χ1n) is 8.26. The third kappa shape index (κ3) is 3.09. The topological polar surface area (TPSA) is 37.1 Å². The molecular formula is C18H29NO2S. The average molecular weight is 324 g/mol. The van der Waals surface area contributed by atoms with Crippen molar-refractivity contribution in [3.05, 3.63) is 28.8 Å². The summed E-state index contributed by atoms with van der Waals surface area (Å²) in [5.41, 5.74) is 3.16. The van der Waals surface area contributed by atoms with Gasteiger partial charge in [-0.15, -0.1) is 0 Å². The Morgan fingerprint density at radius 2 is 1.36 bits per heavy atom. The van der Waals surface area contributed by atoms with Gasteiger partial charge in [0.1, 0.15) is 0 Å². The lowest BCUT2D eigenvalue weighted by molar-refractivity contribution is 0.550. The van der Waals surface area contributed by atoms with E-state index in [2.05, 4.69) is 53.7 Å². The van der Waals surface area contributed by atoms with Crippen LogP contribution in [0.1, 0.15) is 82.9 Å². The predicted octanol–water partition coefficient (Wildman–Crippen LogP) is 4.45. The van der Waals surface area contributed by atoms with Gasteiger partial charge in [0, 0.05) is 12.6 Å². The summed E-state index contributed by atoms with van der Waals surface area (Å²) in [4.78, 5) is 0.561. The molecule has 2 atom stereocenters. The van der Waals surface area contributed by atoms with Crippen LogP contribution in [0.3, 0.4) is 0 Å². The molecule has 2 rings (SSSR count). The molecule has 1 fully saturated rings. The van der Waals surface area contributed by atoms with Crippen molar-refractivity contribution < 1.29 is 8.42 Å². The Balaban J connectivity index is 2.75. The van der Waals surface area contributed by atoms with Crippen molar-refractivity contribution in [2.75, 3.05) is 6.54 Å². The summed E-state index contributed by atoms with van der Waals surface area (Å²) in [6, 6.07) is 4.33. The molecule has 0 spiro atoms. The van der Waals surface area contributed by atoms with Crippen LogP contribution in [-0.2, 0) is 10.0 Å². The molecule has 1 aliphatic heterocycles. The lowest BCUT2D eigenvalue weighted by Crippen LogP contribution is -2.19. The van der Waals surface area contributed by atoms with Crippen LogP contribution >= 0.6 is 0 Å². The number of benzene rings is 1. The van der Waals surface area contributed by atoms with Crippen molar-refractivity contribution in [3.8, 4) is 0 Å². The van der Waals surface area contributed by atoms with Crippen LogP contribution in [0.15, 0.2) is 17.0 Å². The van der Waals surface area contributed by atoms with E-state index in [1.54, 1.807) is 4.31 Å². The molecule has 0 aliphatic carbocycles. The monoisotopic (exact) mass is 323 g/mol. The summed E-state index contributed by atoms with van der Waals surface area (Å²) in [5, 5.41) is 0. The van der Waals surface area contributed by atoms with Crippen LogP contribution in [0.4, 0.5) is 0 Å². The molecule has 0 radical (unpaired) electrons. The Kier molecular flexibility index (Phi) is 4.74. The van der Waals surface area contributed by atoms with Gasteiger partial charge in [0.15, 0.2) is 0 Å². The minimum absolute atomic E-state index is 0.134. The smallest absolute Gasteiger partial charge is 0.207 e. The van der Waals surface area contributed by atoms with Gasteiger partial charge in [-0.3, -0.25) is 0 Å². The van der Waals surface area contributed by atoms with E-state index >= 15 is 0 Å². The van der Waals surface area contributed by atoms with Crippen LogP contribution in [-0.4, -0.2) is 25.3 Å². The van der Waals surface area contributed by atoms with Gasteiger partial charge in [-0.2, -0.15) is 4.31 Å². The Morgan fingerprint density at radius 1 is 0.955 bits per heavy atom. The summed E-state index contributed by atoms with van der Waals surface area (Å²) >= 11 is 0. The minimum Gasteiger partial charge on any atom is -0.207 e. The molecule has 1 heterocycles. The number of hydrogen-bond acceptors (Lipinski definition) is 2. The SMILES string of the molecule is CC(C)c1cc(C(C)C)c(S(=O)(=O)N2CC2C)c(C(C)C)c1. The molecule has 3 nitrogen and oxygen atoms in total. The van der Waals surface area contributed by atoms with E-state index in [0.717, 1.165) is 11.1 Å². The maximum atomic E-state index is 13.1. The van der Waals surface area contributed by atoms with Crippen LogP contribution in [0.25, 0.3) is 0 Å². The highest BCUT2D eigenvalue weighted by molar-refractivity contribution is 7.89. The molecule has 1 aromatic carbocycles. The second-order valence-electron chi connectivity index (χ2n) is 7.42. The number of sulfonamides is 1. The summed E-state index contributed by atoms with van der Waals surface area (Å²) in [7, 11) is -3.38. The number of rotatable bonds is 5. The summed E-state index contributed by atoms with van der Waals surface area (Å²) in [6.07, 6.45) is 0. The van der Waals surface area contributed by atoms with Crippen molar-refractivity contribution in [1.29, 1.82) is 0 Å². The molecule has 0 bridgehead atoms. The quantitative estimate of drug-likeness (QED) is 0.751. The molecule has 1 aliphatic rings. The minimum atomic E-state index is -3.38. The third-order valence-corrected chi connectivity index (χ3v) is 6.56. The largest absolute Gasteiger partial charge is 0.243 e. The fraction of sp³-hybridized carbons (Fsp3) is 0.667. The van der Waals surface area contributed by atoms with Gasteiger partial charge in [0.2, 0.25) is 10.0 Å². The fourth-order valence-corrected chi connectivity index (χ4v) is 5.16. The van der Waals surface area contributed by atoms with Crippen LogP contribution in [0.5, 0.6) is 0 Å². The van der Waals surface area contributed by atoms with Gasteiger partial charge in [-0.25, -0.2) is 8.42 Å². The third-order valence-electron chi connectivity index (χ3n) is 4.45. The standard InChI is InChI=1S/C18H29NO2S/c1-11(2)15-8-16(12(3)4)18(17(9-15)13(5)6)22(20,21)19-10-14(19)7/h8-9,11-14H,10H2,1-7H3. The first-order chi connectivity index (χ1) is 10.1. The molecule has 4 heteroatoms. The Labute approximate surface area is 135 Å². The highest BCUT2D eigenvalue weighted by atomic mass is 32.2. The second-order valence-corrected chi connectivity index (χ2v) is 9.24. The highest BCUT2D eigenvalue weighted by Crippen LogP contribution is 2.39. The van der Waals surface area contributed by atoms with Crippen molar-refractivity contribution in [2.45, 2.75) is 77.2 Å². The first kappa shape index (κ1) is 17.5. The summed E-state index contributed by atoms with van der Waals surface area (Å²) in [6.45, 7) is 15.2. The van der Waals surface area contributed by atoms with E-state index in [4.69, 9.17) is 0 Å². The van der Waals surface area contributed by atoms with E-state index in [0.29, 0.717) is 17.4 Å². The molecule has 1 aromatic rings. The van der Waals surface area contributed by atoms with E-state index in [-0.39, 0.29) is 17.9 Å². The number of nitrogens with zero attached hydrogens (tertiary/aromatic N) is 1. The van der Waals surface area contributed by atoms with Gasteiger partial charge in [0.05, 0.1) is 4.90 Å². The van der Waals surface area contributed by atoms with Crippen molar-refractivity contribution in [2.24, 2.45) is 0 Å². The van der Waals surface area contributed by atoms with Crippen LogP contribution in [0.2, 0.25) is 0 Å². The van der Waals surface area contributed by atoms with Gasteiger partial charge in [-0.1, -0.05) is 53.7 Å². The zero-order valence-corrected chi connectivity index (χ0v) is 15.7. The summed E-state index contributed by atoms with van der Waals surface area (Å²) < 4.78 is 27.7. The molecule has 2 unspecified atom stereocenters. The van der Waals surface area contributed by atoms with E-state index in [9.17, 15) is 8.42 Å². The van der Waals surface area contributed by atoms with Crippen LogP contribution < -0.4 is 0 Å². The molecule has 0 N–H and O–H groups in total. The molecular weight excluding hydrogens is 294 g/mol. The molecule has 0 amide bonds. The van der Waals surface area contributed by atoms with Gasteiger partial charge >= 0.3 is 0 Å². The molecule has 0 aromatic heterocycles. The zero-order valence-electron chi connectivity index (χ0n) is 14.8. The summed E-state index contributed by atoms with van der Waals surface area (Å²) in [5.74, 6) is 0.777. The van der Waals surface area contributed by atoms with Gasteiger partial charge in [-0.05, 0) is 41.4 Å². The first-order valence-corrected chi connectivity index (χ1v) is 9.70. The predicted molar refractivity (Wildman–Crippen MR) is 92.1 cm³/mol. The Hall–Kier alpha value is -0.870. The maximum Gasteiger partial charge on any atom is 0.243 e. The number of hydrogen-bond donors (Lipinski definition) is 0. The maximum absolute atomic E-state index is 13.1. The van der Waals surface area contributed by atoms with Crippen molar-refractivity contribution in [3.63, 3.8) is 0 Å². The lowest BCUT2D eigenvalue weighted by Gasteiger charge is -2.23. The van der Waals surface area contributed by atoms with Crippen LogP contribution in [0, 0.1) is 0 Å². The van der Waals surface area contributed by atoms with Gasteiger partial charge in [0.25, 0.3) is 0 Å². The molecule has 124 valence electrons. The second kappa shape index (κ2) is 5.97. The molecule has 22 heavy (non-hydrogen) atoms. The normalized spacial score (nSPS) is 21.9. The van der Waals surface area contributed by atoms with Crippen molar-refractivity contribution in [1.82, 2.24) is 4.31 Å². The average Bonchev–Trinajstić information content (AvgIpc) is 3.14. The molecule has 1 saturated heterocycles. The fourth-order valence-electron chi connectivity index (χ4n) is 2.85. The van der Waals surface area contributed by atoms with E-state index in [1.165, 1.54) is 5.56 Å². The van der Waals surface area contributed by atoms with Crippen molar-refractivity contribution >= 4 is 10.0 Å². The van der Waals surface area contributed by atoms with E-state index in [1.807, 2.05) is 6.92 Å². The lowest BCUT2D eigenvalue weighted by atomic mass is 9.89. The Morgan fingerprint density at radius 3 is 1.64 bits per heavy atom. The molecule has 0 saturated carbocycles. The highest BCUT2D eigenvalue weighted by Gasteiger charge is 2.43. The Bertz CT molecular complexity index is 631. The zero-order chi connectivity index (χ0) is 16.8. The van der Waals surface area contributed by atoms with Gasteiger partial charge < -0.3 is 0 Å². The van der Waals surface area contributed by atoms with E-state index < -0.39 is 10.0 Å².